The number of imide groups is 2. The molecule has 2 heterocycles. The van der Waals surface area contributed by atoms with Crippen molar-refractivity contribution in [1.82, 2.24) is 15.1 Å². The van der Waals surface area contributed by atoms with Gasteiger partial charge in [0.15, 0.2) is 0 Å². The number of carbonyl (C=O) groups is 4. The molecule has 2 N–H and O–H groups in total. The second-order valence-corrected chi connectivity index (χ2v) is 13.4. The number of fused-ring (bicyclic) bond motifs is 1. The first-order valence-corrected chi connectivity index (χ1v) is 17.7. The van der Waals surface area contributed by atoms with Crippen molar-refractivity contribution >= 4 is 62.1 Å². The zero-order valence-corrected chi connectivity index (χ0v) is 28.6. The Morgan fingerprint density at radius 1 is 0.932 bits per heavy atom. The van der Waals surface area contributed by atoms with Crippen LogP contribution >= 0.6 is 22.6 Å². The maximum atomic E-state index is 13.2. The van der Waals surface area contributed by atoms with Crippen LogP contribution in [0.5, 0.6) is 0 Å². The van der Waals surface area contributed by atoms with Gasteiger partial charge in [-0.25, -0.2) is 4.79 Å². The monoisotopic (exact) mass is 740 g/mol. The third kappa shape index (κ3) is 7.96. The summed E-state index contributed by atoms with van der Waals surface area (Å²) in [5.74, 6) is -1.28. The van der Waals surface area contributed by atoms with Gasteiger partial charge < -0.3 is 10.2 Å². The minimum atomic E-state index is -4.42. The van der Waals surface area contributed by atoms with E-state index in [2.05, 4.69) is 5.32 Å². The number of benzene rings is 1. The molecule has 1 fully saturated rings. The van der Waals surface area contributed by atoms with Gasteiger partial charge in [-0.15, -0.1) is 0 Å². The van der Waals surface area contributed by atoms with Crippen LogP contribution in [0.2, 0.25) is 0 Å². The molecule has 1 aromatic carbocycles. The van der Waals surface area contributed by atoms with Crippen molar-refractivity contribution in [2.45, 2.75) is 70.1 Å². The Bertz CT molecular complexity index is 1450. The molecular weight excluding hydrogens is 699 g/mol. The lowest BCUT2D eigenvalue weighted by Gasteiger charge is -2.33. The van der Waals surface area contributed by atoms with E-state index in [1.54, 1.807) is 18.2 Å². The van der Waals surface area contributed by atoms with E-state index >= 15 is 0 Å². The highest BCUT2D eigenvalue weighted by atomic mass is 127. The number of unbranched alkanes of at least 4 members (excludes halogenated alkanes) is 2. The summed E-state index contributed by atoms with van der Waals surface area (Å²) in [5.41, 5.74) is 1.54. The molecule has 0 aromatic heterocycles. The number of barbiturate groups is 1. The summed E-state index contributed by atoms with van der Waals surface area (Å²) in [5, 5.41) is 2.85. The maximum Gasteiger partial charge on any atom is 0.333 e. The lowest BCUT2D eigenvalue weighted by molar-refractivity contribution is -0.136. The smallest absolute Gasteiger partial charge is 0.333 e. The minimum Gasteiger partial charge on any atom is -0.355 e. The first-order valence-electron chi connectivity index (χ1n) is 14.8. The van der Waals surface area contributed by atoms with Gasteiger partial charge in [0.2, 0.25) is 5.91 Å². The molecule has 44 heavy (non-hydrogen) atoms. The summed E-state index contributed by atoms with van der Waals surface area (Å²) in [4.78, 5) is 55.1. The molecule has 11 nitrogen and oxygen atoms in total. The van der Waals surface area contributed by atoms with Crippen LogP contribution in [0.3, 0.4) is 0 Å². The SMILES string of the molecule is CCCCN1C(=O)C(=C/C=C/C=C2/N(CCCNC(=O)CI)c3ccc(S(=O)(=O)O)cc3C2(C)C)C(=O)N(CCCC)C1=O. The van der Waals surface area contributed by atoms with Crippen molar-refractivity contribution in [2.75, 3.05) is 35.5 Å². The molecule has 1 aromatic rings. The second-order valence-electron chi connectivity index (χ2n) is 11.2. The highest BCUT2D eigenvalue weighted by Gasteiger charge is 2.42. The Kier molecular flexibility index (Phi) is 12.3. The predicted octanol–water partition coefficient (Wildman–Crippen LogP) is 4.73. The fraction of sp³-hybridized carbons (Fsp3) is 0.484. The molecule has 2 aliphatic rings. The standard InChI is InChI=1S/C31H41IN4O7S/c1-5-7-17-35-28(38)23(29(39)36(30(35)40)18-8-6-2)12-9-10-13-26-31(3,4)24-20-22(44(41,42)43)14-15-25(24)34(26)19-11-16-33-27(37)21-32/h9-10,12-15,20H,5-8,11,16-19,21H2,1-4H3,(H,33,37)(H,41,42,43)/b10-9+,26-13+. The van der Waals surface area contributed by atoms with Crippen LogP contribution in [0.15, 0.2) is 58.7 Å². The summed E-state index contributed by atoms with van der Waals surface area (Å²) >= 11 is 1.99. The molecule has 3 rings (SSSR count). The number of hydrogen-bond donors (Lipinski definition) is 2. The van der Waals surface area contributed by atoms with Crippen LogP contribution in [-0.2, 0) is 29.9 Å². The Morgan fingerprint density at radius 2 is 1.50 bits per heavy atom. The normalized spacial score (nSPS) is 17.7. The van der Waals surface area contributed by atoms with Crippen LogP contribution < -0.4 is 10.2 Å². The number of anilines is 1. The van der Waals surface area contributed by atoms with Gasteiger partial charge in [0, 0.05) is 43.0 Å². The van der Waals surface area contributed by atoms with E-state index in [9.17, 15) is 32.1 Å². The summed E-state index contributed by atoms with van der Waals surface area (Å²) < 4.78 is 33.8. The molecule has 0 unspecified atom stereocenters. The second kappa shape index (κ2) is 15.3. The highest BCUT2D eigenvalue weighted by Crippen LogP contribution is 2.48. The lowest BCUT2D eigenvalue weighted by atomic mass is 9.83. The average Bonchev–Trinajstić information content (AvgIpc) is 3.19. The van der Waals surface area contributed by atoms with Gasteiger partial charge in [-0.1, -0.05) is 75.3 Å². The number of halogens is 1. The number of rotatable bonds is 14. The molecular formula is C31H41IN4O7S. The predicted molar refractivity (Wildman–Crippen MR) is 177 cm³/mol. The molecule has 13 heteroatoms. The van der Waals surface area contributed by atoms with Gasteiger partial charge >= 0.3 is 6.03 Å². The molecule has 0 radical (unpaired) electrons. The van der Waals surface area contributed by atoms with E-state index in [-0.39, 0.29) is 29.5 Å². The maximum absolute atomic E-state index is 13.2. The van der Waals surface area contributed by atoms with E-state index in [0.29, 0.717) is 42.3 Å². The summed E-state index contributed by atoms with van der Waals surface area (Å²) in [6, 6.07) is 3.90. The molecule has 240 valence electrons. The third-order valence-corrected chi connectivity index (χ3v) is 9.22. The van der Waals surface area contributed by atoms with E-state index in [1.807, 2.05) is 61.3 Å². The van der Waals surface area contributed by atoms with Gasteiger partial charge in [-0.3, -0.25) is 28.7 Å². The summed E-state index contributed by atoms with van der Waals surface area (Å²) in [7, 11) is -4.42. The fourth-order valence-electron chi connectivity index (χ4n) is 5.24. The van der Waals surface area contributed by atoms with Gasteiger partial charge in [-0.2, -0.15) is 8.42 Å². The van der Waals surface area contributed by atoms with Crippen LogP contribution in [-0.4, -0.2) is 77.1 Å². The minimum absolute atomic E-state index is 0.0627. The van der Waals surface area contributed by atoms with Crippen molar-refractivity contribution in [3.8, 4) is 0 Å². The van der Waals surface area contributed by atoms with E-state index in [0.717, 1.165) is 34.0 Å². The fourth-order valence-corrected chi connectivity index (χ4v) is 6.01. The molecule has 0 saturated carbocycles. The van der Waals surface area contributed by atoms with Crippen molar-refractivity contribution in [1.29, 1.82) is 0 Å². The van der Waals surface area contributed by atoms with Gasteiger partial charge in [0.05, 0.1) is 9.32 Å². The Labute approximate surface area is 273 Å². The average molecular weight is 741 g/mol. The first kappa shape index (κ1) is 35.4. The molecule has 0 aliphatic carbocycles. The van der Waals surface area contributed by atoms with Crippen LogP contribution in [0.1, 0.15) is 65.4 Å². The Balaban J connectivity index is 1.97. The van der Waals surface area contributed by atoms with E-state index in [4.69, 9.17) is 0 Å². The van der Waals surface area contributed by atoms with E-state index < -0.39 is 33.4 Å². The molecule has 0 atom stereocenters. The Hall–Kier alpha value is -3.04. The topological polar surface area (TPSA) is 144 Å². The molecule has 0 spiro atoms. The van der Waals surface area contributed by atoms with Crippen molar-refractivity contribution in [2.24, 2.45) is 0 Å². The molecule has 2 aliphatic heterocycles. The molecule has 5 amide bonds. The van der Waals surface area contributed by atoms with Crippen LogP contribution in [0, 0.1) is 0 Å². The van der Waals surface area contributed by atoms with Crippen LogP contribution in [0.4, 0.5) is 10.5 Å². The number of amides is 5. The third-order valence-electron chi connectivity index (χ3n) is 7.67. The number of carbonyl (C=O) groups excluding carboxylic acids is 4. The number of allylic oxidation sites excluding steroid dienone is 5. The van der Waals surface area contributed by atoms with Crippen molar-refractivity contribution in [3.63, 3.8) is 0 Å². The van der Waals surface area contributed by atoms with Crippen molar-refractivity contribution < 1.29 is 32.1 Å². The van der Waals surface area contributed by atoms with Gasteiger partial charge in [0.25, 0.3) is 21.9 Å². The van der Waals surface area contributed by atoms with Gasteiger partial charge in [-0.05, 0) is 55.2 Å². The number of nitrogens with one attached hydrogen (secondary N) is 1. The zero-order valence-electron chi connectivity index (χ0n) is 25.6. The lowest BCUT2D eigenvalue weighted by Crippen LogP contribution is -2.56. The zero-order chi connectivity index (χ0) is 32.7. The first-order chi connectivity index (χ1) is 20.8. The van der Waals surface area contributed by atoms with Crippen molar-refractivity contribution in [3.05, 3.63) is 59.3 Å². The largest absolute Gasteiger partial charge is 0.355 e. The number of alkyl halides is 1. The molecule has 0 bridgehead atoms. The van der Waals surface area contributed by atoms with Crippen LogP contribution in [0.25, 0.3) is 0 Å². The number of nitrogens with zero attached hydrogens (tertiary/aromatic N) is 3. The number of hydrogen-bond acceptors (Lipinski definition) is 7. The Morgan fingerprint density at radius 3 is 2.05 bits per heavy atom. The van der Waals surface area contributed by atoms with Gasteiger partial charge in [0.1, 0.15) is 5.57 Å². The molecule has 1 saturated heterocycles. The quantitative estimate of drug-likeness (QED) is 0.0697. The highest BCUT2D eigenvalue weighted by molar-refractivity contribution is 14.1. The summed E-state index contributed by atoms with van der Waals surface area (Å²) in [6.45, 7) is 9.24. The van der Waals surface area contributed by atoms with E-state index in [1.165, 1.54) is 18.2 Å². The number of urea groups is 1. The summed E-state index contributed by atoms with van der Waals surface area (Å²) in [6.07, 6.45) is 10.0.